The minimum Gasteiger partial charge on any atom is -0.316 e. The molecule has 1 aromatic heterocycles. The van der Waals surface area contributed by atoms with Crippen molar-refractivity contribution in [1.29, 1.82) is 0 Å². The maximum absolute atomic E-state index is 13.0. The van der Waals surface area contributed by atoms with Crippen LogP contribution >= 0.6 is 0 Å². The first-order chi connectivity index (χ1) is 15.1. The lowest BCUT2D eigenvalue weighted by molar-refractivity contribution is -0.131. The molecule has 8 nitrogen and oxygen atoms in total. The van der Waals surface area contributed by atoms with Gasteiger partial charge in [0.25, 0.3) is 11.5 Å². The molecule has 0 aliphatic carbocycles. The Balaban J connectivity index is 1.90. The highest BCUT2D eigenvalue weighted by Gasteiger charge is 2.43. The molecule has 2 aromatic carbocycles. The van der Waals surface area contributed by atoms with Crippen molar-refractivity contribution < 1.29 is 18.4 Å². The number of sulfone groups is 1. The molecule has 0 fully saturated rings. The zero-order valence-electron chi connectivity index (χ0n) is 18.3. The Morgan fingerprint density at radius 1 is 1.09 bits per heavy atom. The number of nitrogens with one attached hydrogen (secondary N) is 2. The minimum absolute atomic E-state index is 0.000437. The maximum Gasteiger partial charge on any atom is 0.264 e. The number of hydrogen-bond donors (Lipinski definition) is 3. The van der Waals surface area contributed by atoms with E-state index in [1.165, 1.54) is 22.5 Å². The molecule has 0 bridgehead atoms. The van der Waals surface area contributed by atoms with Crippen molar-refractivity contribution in [2.45, 2.75) is 31.2 Å². The van der Waals surface area contributed by atoms with Gasteiger partial charge < -0.3 is 9.88 Å². The number of hydrogen-bond acceptors (Lipinski definition) is 6. The van der Waals surface area contributed by atoms with Gasteiger partial charge in [0, 0.05) is 30.9 Å². The van der Waals surface area contributed by atoms with Crippen molar-refractivity contribution in [2.24, 2.45) is 0 Å². The zero-order valence-corrected chi connectivity index (χ0v) is 19.1. The van der Waals surface area contributed by atoms with Gasteiger partial charge in [0.2, 0.25) is 0 Å². The molecule has 170 valence electrons. The van der Waals surface area contributed by atoms with E-state index in [4.69, 9.17) is 5.21 Å². The summed E-state index contributed by atoms with van der Waals surface area (Å²) in [5.74, 6) is -1.03. The molecular weight excluding hydrogens is 430 g/mol. The van der Waals surface area contributed by atoms with Crippen molar-refractivity contribution in [2.75, 3.05) is 13.3 Å². The quantitative estimate of drug-likeness (QED) is 0.352. The van der Waals surface area contributed by atoms with E-state index in [0.29, 0.717) is 5.39 Å². The second kappa shape index (κ2) is 9.23. The van der Waals surface area contributed by atoms with Crippen molar-refractivity contribution in [3.05, 3.63) is 70.6 Å². The topological polar surface area (TPSA) is 118 Å². The molecule has 1 heterocycles. The van der Waals surface area contributed by atoms with Gasteiger partial charge >= 0.3 is 0 Å². The summed E-state index contributed by atoms with van der Waals surface area (Å²) in [6.45, 7) is 2.02. The third kappa shape index (κ3) is 4.59. The Kier molecular flexibility index (Phi) is 6.82. The fourth-order valence-corrected chi connectivity index (χ4v) is 4.43. The lowest BCUT2D eigenvalue weighted by Crippen LogP contribution is -2.49. The molecule has 3 rings (SSSR count). The molecule has 32 heavy (non-hydrogen) atoms. The van der Waals surface area contributed by atoms with Gasteiger partial charge in [0.05, 0.1) is 0 Å². The maximum atomic E-state index is 13.0. The highest BCUT2D eigenvalue weighted by atomic mass is 32.2. The first kappa shape index (κ1) is 23.6. The molecule has 1 amide bonds. The Hall–Kier alpha value is -3.01. The van der Waals surface area contributed by atoms with Crippen LogP contribution in [0.3, 0.4) is 0 Å². The lowest BCUT2D eigenvalue weighted by atomic mass is 10.0. The highest BCUT2D eigenvalue weighted by molar-refractivity contribution is 7.92. The molecule has 9 heteroatoms. The molecule has 3 N–H and O–H groups in total. The second-order valence-electron chi connectivity index (χ2n) is 8.04. The number of nitrogens with zero attached hydrogens (tertiary/aromatic N) is 1. The number of carbonyl (C=O) groups excluding carboxylic acids is 1. The Bertz CT molecular complexity index is 1300. The molecule has 0 saturated heterocycles. The molecule has 0 saturated carbocycles. The lowest BCUT2D eigenvalue weighted by Gasteiger charge is -2.25. The summed E-state index contributed by atoms with van der Waals surface area (Å²) >= 11 is 0. The first-order valence-electron chi connectivity index (χ1n) is 10.1. The van der Waals surface area contributed by atoms with Gasteiger partial charge in [-0.05, 0) is 60.7 Å². The van der Waals surface area contributed by atoms with Gasteiger partial charge in [-0.1, -0.05) is 30.3 Å². The number of benzene rings is 2. The third-order valence-corrected chi connectivity index (χ3v) is 7.90. The summed E-state index contributed by atoms with van der Waals surface area (Å²) in [7, 11) is -1.94. The monoisotopic (exact) mass is 457 g/mol. The van der Waals surface area contributed by atoms with Crippen LogP contribution in [0.15, 0.2) is 59.5 Å². The number of aromatic nitrogens is 1. The molecule has 0 spiro atoms. The van der Waals surface area contributed by atoms with Gasteiger partial charge in [0.15, 0.2) is 14.6 Å². The molecule has 3 aromatic rings. The van der Waals surface area contributed by atoms with Crippen LogP contribution in [-0.2, 0) is 27.7 Å². The largest absolute Gasteiger partial charge is 0.316 e. The van der Waals surface area contributed by atoms with E-state index < -0.39 is 20.5 Å². The summed E-state index contributed by atoms with van der Waals surface area (Å²) in [6.07, 6.45) is 2.35. The third-order valence-electron chi connectivity index (χ3n) is 5.88. The Morgan fingerprint density at radius 3 is 2.34 bits per heavy atom. The molecule has 0 unspecified atom stereocenters. The number of fused-ring (bicyclic) bond motifs is 1. The van der Waals surface area contributed by atoms with Crippen LogP contribution in [0.5, 0.6) is 0 Å². The molecule has 0 radical (unpaired) electrons. The predicted octanol–water partition coefficient (Wildman–Crippen LogP) is 2.09. The van der Waals surface area contributed by atoms with Crippen LogP contribution in [0.1, 0.15) is 18.9 Å². The van der Waals surface area contributed by atoms with E-state index in [1.54, 1.807) is 18.3 Å². The van der Waals surface area contributed by atoms with Crippen molar-refractivity contribution >= 4 is 26.5 Å². The van der Waals surface area contributed by atoms with Crippen molar-refractivity contribution in [3.8, 4) is 11.1 Å². The number of rotatable bonds is 8. The van der Waals surface area contributed by atoms with E-state index in [-0.39, 0.29) is 18.5 Å². The molecule has 1 atom stereocenters. The van der Waals surface area contributed by atoms with Crippen LogP contribution in [0.2, 0.25) is 0 Å². The van der Waals surface area contributed by atoms with Gasteiger partial charge in [-0.2, -0.15) is 0 Å². The van der Waals surface area contributed by atoms with Crippen molar-refractivity contribution in [1.82, 2.24) is 15.4 Å². The molecule has 0 aliphatic heterocycles. The van der Waals surface area contributed by atoms with E-state index in [0.717, 1.165) is 29.3 Å². The Morgan fingerprint density at radius 2 is 1.75 bits per heavy atom. The number of carbonyl (C=O) groups is 1. The molecule has 0 aliphatic rings. The number of aryl methyl sites for hydroxylation is 1. The highest BCUT2D eigenvalue weighted by Crippen LogP contribution is 2.25. The number of pyridine rings is 1. The standard InChI is InChI=1S/C23H27N3O5S/c1-23(22(28)25-29,32(3,30)31)11-13-26-12-10-19-14-18(8-9-20(19)21(26)27)17-6-4-16(5-7-17)15-24-2/h4-10,12,14,24,29H,11,13,15H2,1-3H3,(H,25,28)/t23-/m1/s1. The summed E-state index contributed by atoms with van der Waals surface area (Å²) in [5.41, 5.74) is 4.33. The first-order valence-corrected chi connectivity index (χ1v) is 12.0. The van der Waals surface area contributed by atoms with Crippen LogP contribution in [-0.4, -0.2) is 42.1 Å². The van der Waals surface area contributed by atoms with E-state index in [1.807, 2.05) is 31.3 Å². The van der Waals surface area contributed by atoms with Crippen LogP contribution in [0, 0.1) is 0 Å². The van der Waals surface area contributed by atoms with Gasteiger partial charge in [-0.15, -0.1) is 0 Å². The second-order valence-corrected chi connectivity index (χ2v) is 10.5. The fourth-order valence-electron chi connectivity index (χ4n) is 3.58. The Labute approximate surface area is 186 Å². The van der Waals surface area contributed by atoms with Gasteiger partial charge in [-0.25, -0.2) is 13.9 Å². The average molecular weight is 458 g/mol. The SMILES string of the molecule is CNCc1ccc(-c2ccc3c(=O)n(CC[C@](C)(C(=O)NO)S(C)(=O)=O)ccc3c2)cc1. The van der Waals surface area contributed by atoms with E-state index >= 15 is 0 Å². The van der Waals surface area contributed by atoms with Gasteiger partial charge in [-0.3, -0.25) is 14.8 Å². The summed E-state index contributed by atoms with van der Waals surface area (Å²) in [4.78, 5) is 25.0. The van der Waals surface area contributed by atoms with Crippen molar-refractivity contribution in [3.63, 3.8) is 0 Å². The zero-order chi connectivity index (χ0) is 23.5. The van der Waals surface area contributed by atoms with Gasteiger partial charge in [0.1, 0.15) is 0 Å². The molecular formula is C23H27N3O5S. The van der Waals surface area contributed by atoms with Crippen LogP contribution < -0.4 is 16.4 Å². The van der Waals surface area contributed by atoms with E-state index in [2.05, 4.69) is 17.4 Å². The van der Waals surface area contributed by atoms with Crippen LogP contribution in [0.4, 0.5) is 0 Å². The predicted molar refractivity (Wildman–Crippen MR) is 124 cm³/mol. The minimum atomic E-state index is -3.84. The van der Waals surface area contributed by atoms with E-state index in [9.17, 15) is 18.0 Å². The normalized spacial score (nSPS) is 13.6. The number of amides is 1. The summed E-state index contributed by atoms with van der Waals surface area (Å²) in [5, 5.41) is 13.3. The summed E-state index contributed by atoms with van der Waals surface area (Å²) < 4.78 is 23.8. The fraction of sp³-hybridized carbons (Fsp3) is 0.304. The number of hydroxylamine groups is 1. The van der Waals surface area contributed by atoms with Crippen LogP contribution in [0.25, 0.3) is 21.9 Å². The average Bonchev–Trinajstić information content (AvgIpc) is 2.77. The smallest absolute Gasteiger partial charge is 0.264 e. The summed E-state index contributed by atoms with van der Waals surface area (Å²) in [6, 6.07) is 15.5.